The van der Waals surface area contributed by atoms with E-state index in [9.17, 15) is 4.79 Å². The van der Waals surface area contributed by atoms with Gasteiger partial charge in [-0.1, -0.05) is 29.8 Å². The molecule has 4 nitrogen and oxygen atoms in total. The number of aromatic nitrogens is 1. The van der Waals surface area contributed by atoms with Gasteiger partial charge in [0.15, 0.2) is 0 Å². The van der Waals surface area contributed by atoms with Gasteiger partial charge in [-0.2, -0.15) is 0 Å². The second kappa shape index (κ2) is 7.29. The average Bonchev–Trinajstić information content (AvgIpc) is 2.61. The van der Waals surface area contributed by atoms with Crippen molar-refractivity contribution in [2.75, 3.05) is 31.1 Å². The summed E-state index contributed by atoms with van der Waals surface area (Å²) in [6.45, 7) is 2.95. The number of anilines is 1. The van der Waals surface area contributed by atoms with E-state index in [0.717, 1.165) is 29.5 Å². The van der Waals surface area contributed by atoms with Crippen LogP contribution in [0.1, 0.15) is 5.69 Å². The van der Waals surface area contributed by atoms with Crippen molar-refractivity contribution in [1.82, 2.24) is 9.88 Å². The summed E-state index contributed by atoms with van der Waals surface area (Å²) in [5.74, 6) is 0.0226. The van der Waals surface area contributed by atoms with Gasteiger partial charge in [0.25, 0.3) is 0 Å². The van der Waals surface area contributed by atoms with Crippen LogP contribution in [0.4, 0.5) is 5.69 Å². The predicted molar refractivity (Wildman–Crippen MR) is 93.5 cm³/mol. The molecular formula is C18H18ClN3O. The van der Waals surface area contributed by atoms with Crippen molar-refractivity contribution in [3.63, 3.8) is 0 Å². The first-order valence-electron chi connectivity index (χ1n) is 7.61. The number of hydrogen-bond donors (Lipinski definition) is 0. The van der Waals surface area contributed by atoms with Crippen molar-refractivity contribution in [3.8, 4) is 0 Å². The predicted octanol–water partition coefficient (Wildman–Crippen LogP) is 3.10. The van der Waals surface area contributed by atoms with E-state index in [0.29, 0.717) is 13.1 Å². The van der Waals surface area contributed by atoms with E-state index >= 15 is 0 Å². The van der Waals surface area contributed by atoms with Gasteiger partial charge in [0, 0.05) is 38.5 Å². The van der Waals surface area contributed by atoms with Gasteiger partial charge in [-0.25, -0.2) is 0 Å². The molecule has 1 fully saturated rings. The number of pyridine rings is 1. The summed E-state index contributed by atoms with van der Waals surface area (Å²) in [5, 5.41) is 0.752. The minimum absolute atomic E-state index is 0.0226. The third-order valence-electron chi connectivity index (χ3n) is 3.87. The van der Waals surface area contributed by atoms with E-state index in [1.807, 2.05) is 47.4 Å². The molecule has 1 saturated heterocycles. The zero-order chi connectivity index (χ0) is 16.1. The van der Waals surface area contributed by atoms with Crippen LogP contribution in [0.15, 0.2) is 54.7 Å². The Balaban J connectivity index is 1.57. The first-order chi connectivity index (χ1) is 11.2. The Kier molecular flexibility index (Phi) is 4.93. The summed E-state index contributed by atoms with van der Waals surface area (Å²) in [5.41, 5.74) is 1.82. The SMILES string of the molecule is O=C(/C=C/c1ccccn1)N1CCN(c2ccccc2Cl)CC1. The van der Waals surface area contributed by atoms with E-state index in [1.54, 1.807) is 18.3 Å². The van der Waals surface area contributed by atoms with Crippen molar-refractivity contribution >= 4 is 29.3 Å². The molecule has 23 heavy (non-hydrogen) atoms. The highest BCUT2D eigenvalue weighted by Crippen LogP contribution is 2.26. The molecule has 1 aromatic carbocycles. The fourth-order valence-corrected chi connectivity index (χ4v) is 2.87. The van der Waals surface area contributed by atoms with E-state index in [1.165, 1.54) is 0 Å². The maximum absolute atomic E-state index is 12.2. The minimum Gasteiger partial charge on any atom is -0.367 e. The van der Waals surface area contributed by atoms with Crippen LogP contribution in [0.2, 0.25) is 5.02 Å². The van der Waals surface area contributed by atoms with E-state index in [4.69, 9.17) is 11.6 Å². The Bertz CT molecular complexity index is 694. The third kappa shape index (κ3) is 3.90. The van der Waals surface area contributed by atoms with E-state index in [2.05, 4.69) is 9.88 Å². The molecule has 3 rings (SSSR count). The summed E-state index contributed by atoms with van der Waals surface area (Å²) in [7, 11) is 0. The Morgan fingerprint density at radius 3 is 2.48 bits per heavy atom. The topological polar surface area (TPSA) is 36.4 Å². The molecule has 0 saturated carbocycles. The molecule has 0 unspecified atom stereocenters. The van der Waals surface area contributed by atoms with E-state index < -0.39 is 0 Å². The summed E-state index contributed by atoms with van der Waals surface area (Å²) in [6, 6.07) is 13.4. The minimum atomic E-state index is 0.0226. The first kappa shape index (κ1) is 15.6. The Morgan fingerprint density at radius 2 is 1.78 bits per heavy atom. The lowest BCUT2D eigenvalue weighted by atomic mass is 10.2. The molecular weight excluding hydrogens is 310 g/mol. The van der Waals surface area contributed by atoms with Crippen LogP contribution in [-0.2, 0) is 4.79 Å². The normalized spacial score (nSPS) is 15.2. The quantitative estimate of drug-likeness (QED) is 0.813. The standard InChI is InChI=1S/C18H18ClN3O/c19-16-6-1-2-7-17(16)21-11-13-22(14-12-21)18(23)9-8-15-5-3-4-10-20-15/h1-10H,11-14H2/b9-8+. The summed E-state index contributed by atoms with van der Waals surface area (Å²) in [6.07, 6.45) is 5.06. The molecule has 0 spiro atoms. The third-order valence-corrected chi connectivity index (χ3v) is 4.19. The van der Waals surface area contributed by atoms with Crippen molar-refractivity contribution in [3.05, 3.63) is 65.5 Å². The van der Waals surface area contributed by atoms with Gasteiger partial charge >= 0.3 is 0 Å². The average molecular weight is 328 g/mol. The summed E-state index contributed by atoms with van der Waals surface area (Å²) in [4.78, 5) is 20.5. The van der Waals surface area contributed by atoms with Crippen LogP contribution in [-0.4, -0.2) is 42.0 Å². The molecule has 1 amide bonds. The molecule has 1 aliphatic rings. The molecule has 2 aromatic rings. The van der Waals surface area contributed by atoms with Gasteiger partial charge < -0.3 is 9.80 Å². The Hall–Kier alpha value is -2.33. The number of rotatable bonds is 3. The van der Waals surface area contributed by atoms with Gasteiger partial charge in [-0.15, -0.1) is 0 Å². The van der Waals surface area contributed by atoms with Crippen LogP contribution in [0.25, 0.3) is 6.08 Å². The number of halogens is 1. The van der Waals surface area contributed by atoms with Crippen LogP contribution in [0.3, 0.4) is 0 Å². The fraction of sp³-hybridized carbons (Fsp3) is 0.222. The van der Waals surface area contributed by atoms with Crippen LogP contribution < -0.4 is 4.90 Å². The molecule has 2 heterocycles. The second-order valence-corrected chi connectivity index (χ2v) is 5.76. The van der Waals surface area contributed by atoms with Crippen LogP contribution >= 0.6 is 11.6 Å². The number of para-hydroxylation sites is 1. The summed E-state index contributed by atoms with van der Waals surface area (Å²) >= 11 is 6.23. The van der Waals surface area contributed by atoms with Crippen molar-refractivity contribution < 1.29 is 4.79 Å². The van der Waals surface area contributed by atoms with Gasteiger partial charge in [0.2, 0.25) is 5.91 Å². The van der Waals surface area contributed by atoms with Crippen molar-refractivity contribution in [2.24, 2.45) is 0 Å². The molecule has 0 N–H and O–H groups in total. The summed E-state index contributed by atoms with van der Waals surface area (Å²) < 4.78 is 0. The number of carbonyl (C=O) groups excluding carboxylic acids is 1. The van der Waals surface area contributed by atoms with Gasteiger partial charge in [-0.3, -0.25) is 9.78 Å². The van der Waals surface area contributed by atoms with Gasteiger partial charge in [-0.05, 0) is 30.3 Å². The molecule has 1 aromatic heterocycles. The molecule has 1 aliphatic heterocycles. The Morgan fingerprint density at radius 1 is 1.04 bits per heavy atom. The fourth-order valence-electron chi connectivity index (χ4n) is 2.61. The van der Waals surface area contributed by atoms with Crippen LogP contribution in [0.5, 0.6) is 0 Å². The highest BCUT2D eigenvalue weighted by molar-refractivity contribution is 6.33. The maximum Gasteiger partial charge on any atom is 0.246 e. The number of amides is 1. The van der Waals surface area contributed by atoms with Crippen LogP contribution in [0, 0.1) is 0 Å². The molecule has 0 radical (unpaired) electrons. The molecule has 5 heteroatoms. The van der Waals surface area contributed by atoms with Crippen molar-refractivity contribution in [2.45, 2.75) is 0 Å². The number of benzene rings is 1. The molecule has 118 valence electrons. The highest BCUT2D eigenvalue weighted by atomic mass is 35.5. The Labute approximate surface area is 141 Å². The number of carbonyl (C=O) groups is 1. The first-order valence-corrected chi connectivity index (χ1v) is 7.99. The number of piperazine rings is 1. The van der Waals surface area contributed by atoms with Crippen molar-refractivity contribution in [1.29, 1.82) is 0 Å². The lowest BCUT2D eigenvalue weighted by Crippen LogP contribution is -2.48. The maximum atomic E-state index is 12.2. The second-order valence-electron chi connectivity index (χ2n) is 5.35. The van der Waals surface area contributed by atoms with Gasteiger partial charge in [0.05, 0.1) is 16.4 Å². The van der Waals surface area contributed by atoms with E-state index in [-0.39, 0.29) is 5.91 Å². The molecule has 0 bridgehead atoms. The smallest absolute Gasteiger partial charge is 0.246 e. The molecule has 0 atom stereocenters. The largest absolute Gasteiger partial charge is 0.367 e. The highest BCUT2D eigenvalue weighted by Gasteiger charge is 2.20. The lowest BCUT2D eigenvalue weighted by molar-refractivity contribution is -0.126. The number of nitrogens with zero attached hydrogens (tertiary/aromatic N) is 3. The zero-order valence-electron chi connectivity index (χ0n) is 12.7. The number of hydrogen-bond acceptors (Lipinski definition) is 3. The lowest BCUT2D eigenvalue weighted by Gasteiger charge is -2.36. The van der Waals surface area contributed by atoms with Gasteiger partial charge in [0.1, 0.15) is 0 Å². The molecule has 0 aliphatic carbocycles. The zero-order valence-corrected chi connectivity index (χ0v) is 13.5. The monoisotopic (exact) mass is 327 g/mol.